The number of carboxylic acid groups (broad SMARTS) is 1. The van der Waals surface area contributed by atoms with E-state index in [-0.39, 0.29) is 12.4 Å². The zero-order chi connectivity index (χ0) is 22.0. The van der Waals surface area contributed by atoms with Gasteiger partial charge in [0.15, 0.2) is 0 Å². The van der Waals surface area contributed by atoms with Crippen molar-refractivity contribution in [3.8, 4) is 0 Å². The number of rotatable bonds is 5. The molecule has 1 aromatic rings. The van der Waals surface area contributed by atoms with Gasteiger partial charge in [-0.15, -0.1) is 0 Å². The molecule has 0 radical (unpaired) electrons. The van der Waals surface area contributed by atoms with Crippen LogP contribution in [0.25, 0.3) is 6.08 Å². The Hall–Kier alpha value is -2.46. The Morgan fingerprint density at radius 1 is 1.17 bits per heavy atom. The molecule has 0 saturated carbocycles. The number of hydrogen-bond donors (Lipinski definition) is 2. The topological polar surface area (TPSA) is 120 Å². The SMILES string of the molecule is CC(C)(C)OC(=O)NCC(=Cc1cnc(C(=O)O)nc1)B1OC(C)(C)C(C)(C)O1. The van der Waals surface area contributed by atoms with Gasteiger partial charge < -0.3 is 24.5 Å². The average Bonchev–Trinajstić information content (AvgIpc) is 2.78. The van der Waals surface area contributed by atoms with E-state index in [1.54, 1.807) is 26.8 Å². The molecule has 10 heteroatoms. The Balaban J connectivity index is 2.26. The summed E-state index contributed by atoms with van der Waals surface area (Å²) >= 11 is 0. The molecule has 2 N–H and O–H groups in total. The fraction of sp³-hybridized carbons (Fsp3) is 0.579. The van der Waals surface area contributed by atoms with Gasteiger partial charge in [0.05, 0.1) is 11.2 Å². The van der Waals surface area contributed by atoms with Crippen LogP contribution in [0.15, 0.2) is 17.9 Å². The lowest BCUT2D eigenvalue weighted by Crippen LogP contribution is -2.41. The maximum Gasteiger partial charge on any atom is 0.492 e. The molecule has 0 spiro atoms. The molecule has 1 saturated heterocycles. The maximum atomic E-state index is 12.1. The fourth-order valence-corrected chi connectivity index (χ4v) is 2.42. The highest BCUT2D eigenvalue weighted by Gasteiger charge is 2.52. The second kappa shape index (κ2) is 8.12. The van der Waals surface area contributed by atoms with E-state index >= 15 is 0 Å². The molecule has 2 rings (SSSR count). The summed E-state index contributed by atoms with van der Waals surface area (Å²) in [7, 11) is -0.714. The Bertz CT molecular complexity index is 783. The molecule has 1 aliphatic heterocycles. The molecule has 9 nitrogen and oxygen atoms in total. The van der Waals surface area contributed by atoms with Gasteiger partial charge in [0.25, 0.3) is 0 Å². The molecule has 1 aromatic heterocycles. The maximum absolute atomic E-state index is 12.1. The molecule has 0 aromatic carbocycles. The zero-order valence-electron chi connectivity index (χ0n) is 17.9. The monoisotopic (exact) mass is 405 g/mol. The van der Waals surface area contributed by atoms with Crippen LogP contribution < -0.4 is 5.32 Å². The van der Waals surface area contributed by atoms with Crippen LogP contribution in [0.1, 0.15) is 64.6 Å². The lowest BCUT2D eigenvalue weighted by molar-refractivity contribution is 0.00578. The van der Waals surface area contributed by atoms with Crippen molar-refractivity contribution >= 4 is 25.3 Å². The smallest absolute Gasteiger partial charge is 0.475 e. The van der Waals surface area contributed by atoms with Gasteiger partial charge in [-0.05, 0) is 53.9 Å². The van der Waals surface area contributed by atoms with Crippen molar-refractivity contribution in [3.63, 3.8) is 0 Å². The largest absolute Gasteiger partial charge is 0.492 e. The predicted molar refractivity (Wildman–Crippen MR) is 107 cm³/mol. The van der Waals surface area contributed by atoms with Gasteiger partial charge in [0, 0.05) is 24.5 Å². The van der Waals surface area contributed by atoms with Gasteiger partial charge in [0.1, 0.15) is 5.60 Å². The number of nitrogens with zero attached hydrogens (tertiary/aromatic N) is 2. The first-order valence-corrected chi connectivity index (χ1v) is 9.28. The van der Waals surface area contributed by atoms with Crippen LogP contribution in [0.2, 0.25) is 0 Å². The van der Waals surface area contributed by atoms with Crippen molar-refractivity contribution in [1.29, 1.82) is 0 Å². The zero-order valence-corrected chi connectivity index (χ0v) is 17.9. The molecular formula is C19H28BN3O6. The Morgan fingerprint density at radius 3 is 2.14 bits per heavy atom. The summed E-state index contributed by atoms with van der Waals surface area (Å²) in [6.07, 6.45) is 3.90. The minimum absolute atomic E-state index is 0.104. The third kappa shape index (κ3) is 6.01. The minimum Gasteiger partial charge on any atom is -0.475 e. The van der Waals surface area contributed by atoms with Gasteiger partial charge in [-0.3, -0.25) is 0 Å². The lowest BCUT2D eigenvalue weighted by Gasteiger charge is -2.32. The van der Waals surface area contributed by atoms with Gasteiger partial charge in [0.2, 0.25) is 5.82 Å². The van der Waals surface area contributed by atoms with Crippen molar-refractivity contribution in [3.05, 3.63) is 29.3 Å². The van der Waals surface area contributed by atoms with Gasteiger partial charge in [-0.1, -0.05) is 6.08 Å². The number of amides is 1. The molecule has 1 fully saturated rings. The fourth-order valence-electron chi connectivity index (χ4n) is 2.42. The predicted octanol–water partition coefficient (Wildman–Crippen LogP) is 2.71. The van der Waals surface area contributed by atoms with E-state index in [0.29, 0.717) is 11.0 Å². The van der Waals surface area contributed by atoms with Crippen LogP contribution in [0.5, 0.6) is 0 Å². The van der Waals surface area contributed by atoms with Crippen LogP contribution in [0.4, 0.5) is 4.79 Å². The normalized spacial score (nSPS) is 18.4. The number of nitrogens with one attached hydrogen (secondary N) is 1. The van der Waals surface area contributed by atoms with Crippen molar-refractivity contribution in [2.45, 2.75) is 65.3 Å². The first-order valence-electron chi connectivity index (χ1n) is 9.28. The summed E-state index contributed by atoms with van der Waals surface area (Å²) < 4.78 is 17.4. The van der Waals surface area contributed by atoms with Gasteiger partial charge >= 0.3 is 19.2 Å². The van der Waals surface area contributed by atoms with E-state index in [9.17, 15) is 9.59 Å². The third-order valence-electron chi connectivity index (χ3n) is 4.61. The summed E-state index contributed by atoms with van der Waals surface area (Å²) in [6.45, 7) is 13.1. The van der Waals surface area contributed by atoms with Crippen LogP contribution >= 0.6 is 0 Å². The first-order chi connectivity index (χ1) is 13.2. The number of aromatic carboxylic acids is 1. The number of carbonyl (C=O) groups excluding carboxylic acids is 1. The molecule has 0 aliphatic carbocycles. The highest BCUT2D eigenvalue weighted by atomic mass is 16.7. The van der Waals surface area contributed by atoms with E-state index in [4.69, 9.17) is 19.2 Å². The molecule has 0 bridgehead atoms. The van der Waals surface area contributed by atoms with E-state index in [1.807, 2.05) is 27.7 Å². The van der Waals surface area contributed by atoms with Gasteiger partial charge in [-0.2, -0.15) is 0 Å². The lowest BCUT2D eigenvalue weighted by atomic mass is 9.77. The number of ether oxygens (including phenoxy) is 1. The Labute approximate surface area is 171 Å². The summed E-state index contributed by atoms with van der Waals surface area (Å²) in [4.78, 5) is 30.6. The van der Waals surface area contributed by atoms with Crippen LogP contribution in [0.3, 0.4) is 0 Å². The van der Waals surface area contributed by atoms with E-state index in [2.05, 4.69) is 15.3 Å². The highest BCUT2D eigenvalue weighted by Crippen LogP contribution is 2.38. The number of aromatic nitrogens is 2. The van der Waals surface area contributed by atoms with Crippen molar-refractivity contribution < 1.29 is 28.7 Å². The summed E-state index contributed by atoms with van der Waals surface area (Å²) in [5.41, 5.74) is -0.593. The standard InChI is InChI=1S/C19H28BN3O6/c1-17(2,3)27-16(26)23-11-13(20-28-18(4,5)19(6,7)29-20)8-12-9-21-14(15(24)25)22-10-12/h8-10H,11H2,1-7H3,(H,23,26)(H,24,25). The molecule has 158 valence electrons. The molecular weight excluding hydrogens is 377 g/mol. The Kier molecular flexibility index (Phi) is 6.39. The number of hydrogen-bond acceptors (Lipinski definition) is 7. The second-order valence-electron chi connectivity index (χ2n) is 8.81. The van der Waals surface area contributed by atoms with Crippen molar-refractivity contribution in [1.82, 2.24) is 15.3 Å². The molecule has 0 atom stereocenters. The third-order valence-corrected chi connectivity index (χ3v) is 4.61. The van der Waals surface area contributed by atoms with Crippen LogP contribution in [-0.2, 0) is 14.0 Å². The number of alkyl carbamates (subject to hydrolysis) is 1. The number of carbonyl (C=O) groups is 2. The molecule has 0 unspecified atom stereocenters. The van der Waals surface area contributed by atoms with Crippen molar-refractivity contribution in [2.75, 3.05) is 6.54 Å². The molecule has 1 amide bonds. The van der Waals surface area contributed by atoms with Crippen LogP contribution in [-0.4, -0.2) is 57.6 Å². The Morgan fingerprint density at radius 2 is 1.69 bits per heavy atom. The van der Waals surface area contributed by atoms with Crippen molar-refractivity contribution in [2.24, 2.45) is 0 Å². The summed E-state index contributed by atoms with van der Waals surface area (Å²) in [6, 6.07) is 0. The quantitative estimate of drug-likeness (QED) is 0.718. The summed E-state index contributed by atoms with van der Waals surface area (Å²) in [5.74, 6) is -1.51. The molecule has 2 heterocycles. The van der Waals surface area contributed by atoms with Crippen LogP contribution in [0, 0.1) is 0 Å². The molecule has 29 heavy (non-hydrogen) atoms. The molecule has 1 aliphatic rings. The van der Waals surface area contributed by atoms with E-state index in [0.717, 1.165) is 0 Å². The second-order valence-corrected chi connectivity index (χ2v) is 8.81. The minimum atomic E-state index is -1.21. The summed E-state index contributed by atoms with van der Waals surface area (Å²) in [5, 5.41) is 11.6. The van der Waals surface area contributed by atoms with E-state index < -0.39 is 36.0 Å². The average molecular weight is 405 g/mol. The highest BCUT2D eigenvalue weighted by molar-refractivity contribution is 6.56. The first kappa shape index (κ1) is 22.8. The van der Waals surface area contributed by atoms with E-state index in [1.165, 1.54) is 12.4 Å². The van der Waals surface area contributed by atoms with Gasteiger partial charge in [-0.25, -0.2) is 19.6 Å². The number of carboxylic acids is 1.